The van der Waals surface area contributed by atoms with Crippen LogP contribution in [0.3, 0.4) is 0 Å². The molecule has 0 aromatic carbocycles. The van der Waals surface area contributed by atoms with E-state index in [9.17, 15) is 19.2 Å². The summed E-state index contributed by atoms with van der Waals surface area (Å²) in [4.78, 5) is 47.0. The maximum atomic E-state index is 11.3. The first-order chi connectivity index (χ1) is 7.47. The maximum absolute atomic E-state index is 11.3. The fourth-order valence-electron chi connectivity index (χ4n) is 1.77. The van der Waals surface area contributed by atoms with Crippen LogP contribution in [0.25, 0.3) is 0 Å². The normalized spacial score (nSPS) is 20.5. The van der Waals surface area contributed by atoms with Crippen LogP contribution in [0.15, 0.2) is 0 Å². The molecule has 1 heterocycles. The van der Waals surface area contributed by atoms with Crippen molar-refractivity contribution in [2.24, 2.45) is 0 Å². The SMILES string of the molecule is CC(=O)N1CCN(C(C)=O)C(C(=O)C=O)C1. The van der Waals surface area contributed by atoms with E-state index in [2.05, 4.69) is 0 Å². The van der Waals surface area contributed by atoms with E-state index in [1.165, 1.54) is 23.6 Å². The fraction of sp³-hybridized carbons (Fsp3) is 0.600. The summed E-state index contributed by atoms with van der Waals surface area (Å²) in [5.74, 6) is -1.09. The Kier molecular flexibility index (Phi) is 3.76. The Balaban J connectivity index is 2.85. The monoisotopic (exact) mass is 226 g/mol. The highest BCUT2D eigenvalue weighted by molar-refractivity contribution is 6.28. The molecular weight excluding hydrogens is 212 g/mol. The van der Waals surface area contributed by atoms with E-state index >= 15 is 0 Å². The molecule has 88 valence electrons. The number of Topliss-reactive ketones (excluding diaryl/α,β-unsaturated/α-hetero) is 1. The van der Waals surface area contributed by atoms with Gasteiger partial charge >= 0.3 is 0 Å². The molecule has 1 rings (SSSR count). The lowest BCUT2D eigenvalue weighted by Gasteiger charge is -2.39. The van der Waals surface area contributed by atoms with E-state index in [0.29, 0.717) is 13.1 Å². The Morgan fingerprint density at radius 1 is 1.12 bits per heavy atom. The molecule has 16 heavy (non-hydrogen) atoms. The first kappa shape index (κ1) is 12.4. The second-order valence-electron chi connectivity index (χ2n) is 3.71. The highest BCUT2D eigenvalue weighted by atomic mass is 16.2. The molecule has 6 nitrogen and oxygen atoms in total. The van der Waals surface area contributed by atoms with Gasteiger partial charge in [-0.05, 0) is 0 Å². The van der Waals surface area contributed by atoms with Crippen LogP contribution in [0, 0.1) is 0 Å². The molecule has 0 radical (unpaired) electrons. The number of ketones is 1. The van der Waals surface area contributed by atoms with Gasteiger partial charge in [0.25, 0.3) is 0 Å². The number of nitrogens with zero attached hydrogens (tertiary/aromatic N) is 2. The quantitative estimate of drug-likeness (QED) is 0.439. The Bertz CT molecular complexity index is 340. The van der Waals surface area contributed by atoms with Gasteiger partial charge in [0.05, 0.1) is 0 Å². The van der Waals surface area contributed by atoms with Crippen LogP contribution in [0.5, 0.6) is 0 Å². The van der Waals surface area contributed by atoms with E-state index in [1.54, 1.807) is 0 Å². The molecule has 0 aromatic rings. The maximum Gasteiger partial charge on any atom is 0.220 e. The van der Waals surface area contributed by atoms with E-state index in [4.69, 9.17) is 0 Å². The highest BCUT2D eigenvalue weighted by Gasteiger charge is 2.34. The molecule has 0 aromatic heterocycles. The first-order valence-electron chi connectivity index (χ1n) is 4.99. The molecule has 0 N–H and O–H groups in total. The van der Waals surface area contributed by atoms with Crippen molar-refractivity contribution in [3.05, 3.63) is 0 Å². The van der Waals surface area contributed by atoms with Crippen molar-refractivity contribution in [3.63, 3.8) is 0 Å². The molecule has 1 saturated heterocycles. The molecule has 1 aliphatic heterocycles. The van der Waals surface area contributed by atoms with Crippen molar-refractivity contribution < 1.29 is 19.2 Å². The second kappa shape index (κ2) is 4.87. The number of amides is 2. The summed E-state index contributed by atoms with van der Waals surface area (Å²) in [6.45, 7) is 3.53. The number of hydrogen-bond donors (Lipinski definition) is 0. The average Bonchev–Trinajstić information content (AvgIpc) is 2.26. The van der Waals surface area contributed by atoms with Gasteiger partial charge in [-0.15, -0.1) is 0 Å². The van der Waals surface area contributed by atoms with Crippen LogP contribution in [-0.4, -0.2) is 59.4 Å². The zero-order chi connectivity index (χ0) is 12.3. The lowest BCUT2D eigenvalue weighted by molar-refractivity contribution is -0.147. The number of carbonyl (C=O) groups excluding carboxylic acids is 4. The van der Waals surface area contributed by atoms with Gasteiger partial charge in [0.15, 0.2) is 6.29 Å². The van der Waals surface area contributed by atoms with Gasteiger partial charge in [0.2, 0.25) is 17.6 Å². The smallest absolute Gasteiger partial charge is 0.220 e. The van der Waals surface area contributed by atoms with Gasteiger partial charge < -0.3 is 9.80 Å². The number of carbonyl (C=O) groups is 4. The van der Waals surface area contributed by atoms with Crippen LogP contribution in [0.2, 0.25) is 0 Å². The van der Waals surface area contributed by atoms with Crippen LogP contribution < -0.4 is 0 Å². The number of aldehydes is 1. The Labute approximate surface area is 93.2 Å². The molecular formula is C10H14N2O4. The van der Waals surface area contributed by atoms with Gasteiger partial charge in [0, 0.05) is 33.5 Å². The summed E-state index contributed by atoms with van der Waals surface area (Å²) >= 11 is 0. The third-order valence-corrected chi connectivity index (χ3v) is 2.67. The van der Waals surface area contributed by atoms with Gasteiger partial charge in [-0.2, -0.15) is 0 Å². The largest absolute Gasteiger partial charge is 0.339 e. The summed E-state index contributed by atoms with van der Waals surface area (Å²) < 4.78 is 0. The Hall–Kier alpha value is -1.72. The van der Waals surface area contributed by atoms with E-state index in [0.717, 1.165) is 0 Å². The fourth-order valence-corrected chi connectivity index (χ4v) is 1.77. The summed E-state index contributed by atoms with van der Waals surface area (Å²) in [6, 6.07) is -0.826. The number of piperazine rings is 1. The molecule has 2 amide bonds. The van der Waals surface area contributed by atoms with Crippen molar-refractivity contribution in [2.45, 2.75) is 19.9 Å². The number of hydrogen-bond acceptors (Lipinski definition) is 4. The second-order valence-corrected chi connectivity index (χ2v) is 3.71. The molecule has 1 aliphatic rings. The van der Waals surface area contributed by atoms with E-state index < -0.39 is 11.8 Å². The standard InChI is InChI=1S/C10H14N2O4/c1-7(14)11-3-4-12(8(2)15)9(5-11)10(16)6-13/h6,9H,3-5H2,1-2H3. The predicted octanol–water partition coefficient (Wildman–Crippen LogP) is -1.17. The van der Waals surface area contributed by atoms with E-state index in [1.807, 2.05) is 0 Å². The predicted molar refractivity (Wildman–Crippen MR) is 54.5 cm³/mol. The van der Waals surface area contributed by atoms with Crippen LogP contribution >= 0.6 is 0 Å². The molecule has 1 atom stereocenters. The van der Waals surface area contributed by atoms with Gasteiger partial charge in [-0.3, -0.25) is 19.2 Å². The summed E-state index contributed by atoms with van der Waals surface area (Å²) in [7, 11) is 0. The molecule has 1 fully saturated rings. The summed E-state index contributed by atoms with van der Waals surface area (Å²) in [5.41, 5.74) is 0. The first-order valence-corrected chi connectivity index (χ1v) is 4.99. The van der Waals surface area contributed by atoms with Crippen LogP contribution in [0.4, 0.5) is 0 Å². The van der Waals surface area contributed by atoms with Crippen molar-refractivity contribution in [1.82, 2.24) is 9.80 Å². The van der Waals surface area contributed by atoms with Crippen LogP contribution in [-0.2, 0) is 19.2 Å². The Morgan fingerprint density at radius 2 is 1.75 bits per heavy atom. The molecule has 0 aliphatic carbocycles. The highest BCUT2D eigenvalue weighted by Crippen LogP contribution is 2.10. The van der Waals surface area contributed by atoms with Crippen molar-refractivity contribution in [2.75, 3.05) is 19.6 Å². The van der Waals surface area contributed by atoms with Crippen molar-refractivity contribution in [3.8, 4) is 0 Å². The van der Waals surface area contributed by atoms with Crippen LogP contribution in [0.1, 0.15) is 13.8 Å². The zero-order valence-corrected chi connectivity index (χ0v) is 9.30. The molecule has 6 heteroatoms. The third kappa shape index (κ3) is 2.44. The minimum Gasteiger partial charge on any atom is -0.339 e. The third-order valence-electron chi connectivity index (χ3n) is 2.67. The molecule has 0 bridgehead atoms. The van der Waals surface area contributed by atoms with Crippen molar-refractivity contribution in [1.29, 1.82) is 0 Å². The summed E-state index contributed by atoms with van der Waals surface area (Å²) in [6.07, 6.45) is 0.199. The molecule has 0 spiro atoms. The Morgan fingerprint density at radius 3 is 2.19 bits per heavy atom. The van der Waals surface area contributed by atoms with Crippen molar-refractivity contribution >= 4 is 23.9 Å². The molecule has 0 saturated carbocycles. The summed E-state index contributed by atoms with van der Waals surface area (Å²) in [5, 5.41) is 0. The lowest BCUT2D eigenvalue weighted by atomic mass is 10.1. The zero-order valence-electron chi connectivity index (χ0n) is 9.30. The number of rotatable bonds is 2. The van der Waals surface area contributed by atoms with E-state index in [-0.39, 0.29) is 24.6 Å². The van der Waals surface area contributed by atoms with Gasteiger partial charge in [-0.1, -0.05) is 0 Å². The average molecular weight is 226 g/mol. The molecule has 1 unspecified atom stereocenters. The minimum atomic E-state index is -0.826. The van der Waals surface area contributed by atoms with Gasteiger partial charge in [-0.25, -0.2) is 0 Å². The minimum absolute atomic E-state index is 0.104. The van der Waals surface area contributed by atoms with Gasteiger partial charge in [0.1, 0.15) is 6.04 Å². The topological polar surface area (TPSA) is 74.8 Å². The lowest BCUT2D eigenvalue weighted by Crippen LogP contribution is -2.58.